The molecule has 0 radical (unpaired) electrons. The van der Waals surface area contributed by atoms with Crippen molar-refractivity contribution in [3.63, 3.8) is 0 Å². The van der Waals surface area contributed by atoms with Crippen molar-refractivity contribution in [3.05, 3.63) is 53.6 Å². The molecule has 0 aliphatic carbocycles. The minimum absolute atomic E-state index is 0.0212. The number of hydrogen-bond donors (Lipinski definition) is 0. The first-order valence-corrected chi connectivity index (χ1v) is 11.9. The molecule has 0 spiro atoms. The smallest absolute Gasteiger partial charge is 0.174 e. The number of carbonyl (C=O) groups is 1. The van der Waals surface area contributed by atoms with Crippen LogP contribution in [0.15, 0.2) is 41.7 Å². The monoisotopic (exact) mass is 415 g/mol. The number of para-hydroxylation sites is 1. The molecule has 0 bridgehead atoms. The van der Waals surface area contributed by atoms with Gasteiger partial charge in [-0.3, -0.25) is 4.79 Å². The first-order valence-electron chi connectivity index (χ1n) is 9.10. The van der Waals surface area contributed by atoms with Gasteiger partial charge in [0.25, 0.3) is 0 Å². The van der Waals surface area contributed by atoms with Crippen LogP contribution in [0.4, 0.5) is 0 Å². The lowest BCUT2D eigenvalue weighted by molar-refractivity contribution is 0.102. The van der Waals surface area contributed by atoms with E-state index in [2.05, 4.69) is 9.97 Å². The fourth-order valence-electron chi connectivity index (χ4n) is 3.91. The molecule has 1 atom stereocenters. The molecule has 3 heterocycles. The molecule has 3 aromatic rings. The molecule has 0 amide bonds. The van der Waals surface area contributed by atoms with Gasteiger partial charge in [-0.25, -0.2) is 18.4 Å². The van der Waals surface area contributed by atoms with Crippen LogP contribution >= 0.6 is 11.8 Å². The number of rotatable bonds is 5. The number of Topliss-reactive ketones (excluding diaryl/α,β-unsaturated/α-hetero) is 1. The number of carbonyl (C=O) groups excluding carboxylic acids is 1. The van der Waals surface area contributed by atoms with E-state index in [0.717, 1.165) is 27.3 Å². The number of fused-ring (bicyclic) bond motifs is 1. The van der Waals surface area contributed by atoms with Crippen molar-refractivity contribution in [1.82, 2.24) is 14.5 Å². The third kappa shape index (κ3) is 3.58. The summed E-state index contributed by atoms with van der Waals surface area (Å²) < 4.78 is 25.7. The molecular formula is C20H21N3O3S2. The van der Waals surface area contributed by atoms with Crippen LogP contribution in [0.1, 0.15) is 34.2 Å². The standard InChI is InChI=1S/C20H21N3O3S2/c1-13-9-17(14(2)23(13)15-7-8-28(25,26)11-15)19(24)10-27-20-16-5-3-4-6-18(16)21-12-22-20/h3-6,9,12,15H,7-8,10-11H2,1-2H3/t15-/m0/s1. The van der Waals surface area contributed by atoms with Gasteiger partial charge in [-0.1, -0.05) is 30.0 Å². The van der Waals surface area contributed by atoms with Crippen LogP contribution in [0.5, 0.6) is 0 Å². The zero-order valence-electron chi connectivity index (χ0n) is 15.8. The topological polar surface area (TPSA) is 81.9 Å². The number of aryl methyl sites for hydroxylation is 1. The number of thioether (sulfide) groups is 1. The van der Waals surface area contributed by atoms with Gasteiger partial charge in [0.2, 0.25) is 0 Å². The summed E-state index contributed by atoms with van der Waals surface area (Å²) >= 11 is 1.40. The Morgan fingerprint density at radius 3 is 2.79 bits per heavy atom. The average molecular weight is 416 g/mol. The number of benzene rings is 1. The predicted octanol–water partition coefficient (Wildman–Crippen LogP) is 3.38. The third-order valence-corrected chi connectivity index (χ3v) is 7.96. The number of aromatic nitrogens is 3. The van der Waals surface area contributed by atoms with Crippen LogP contribution in [0, 0.1) is 13.8 Å². The summed E-state index contributed by atoms with van der Waals surface area (Å²) in [5.74, 6) is 0.662. The highest BCUT2D eigenvalue weighted by Gasteiger charge is 2.31. The summed E-state index contributed by atoms with van der Waals surface area (Å²) in [7, 11) is -2.98. The summed E-state index contributed by atoms with van der Waals surface area (Å²) in [5, 5.41) is 1.72. The molecule has 1 saturated heterocycles. The van der Waals surface area contributed by atoms with Gasteiger partial charge < -0.3 is 4.57 Å². The van der Waals surface area contributed by atoms with Crippen molar-refractivity contribution in [2.45, 2.75) is 31.3 Å². The quantitative estimate of drug-likeness (QED) is 0.361. The normalized spacial score (nSPS) is 18.6. The van der Waals surface area contributed by atoms with E-state index < -0.39 is 9.84 Å². The lowest BCUT2D eigenvalue weighted by atomic mass is 10.2. The lowest BCUT2D eigenvalue weighted by Gasteiger charge is -2.16. The maximum absolute atomic E-state index is 12.9. The van der Waals surface area contributed by atoms with Crippen LogP contribution in [0.2, 0.25) is 0 Å². The van der Waals surface area contributed by atoms with Gasteiger partial charge in [-0.2, -0.15) is 0 Å². The third-order valence-electron chi connectivity index (χ3n) is 5.20. The van der Waals surface area contributed by atoms with Gasteiger partial charge in [-0.05, 0) is 32.4 Å². The highest BCUT2D eigenvalue weighted by atomic mass is 32.2. The Morgan fingerprint density at radius 2 is 2.04 bits per heavy atom. The average Bonchev–Trinajstić information content (AvgIpc) is 3.17. The van der Waals surface area contributed by atoms with Crippen molar-refractivity contribution in [2.24, 2.45) is 0 Å². The molecule has 1 aliphatic heterocycles. The van der Waals surface area contributed by atoms with Crippen LogP contribution < -0.4 is 0 Å². The first kappa shape index (κ1) is 19.1. The van der Waals surface area contributed by atoms with E-state index in [1.54, 1.807) is 0 Å². The fraction of sp³-hybridized carbons (Fsp3) is 0.350. The molecule has 146 valence electrons. The van der Waals surface area contributed by atoms with E-state index in [0.29, 0.717) is 12.0 Å². The molecule has 1 fully saturated rings. The molecule has 8 heteroatoms. The minimum Gasteiger partial charge on any atom is -0.344 e. The maximum Gasteiger partial charge on any atom is 0.174 e. The molecule has 28 heavy (non-hydrogen) atoms. The van der Waals surface area contributed by atoms with Gasteiger partial charge in [0, 0.05) is 28.4 Å². The summed E-state index contributed by atoms with van der Waals surface area (Å²) in [6, 6.07) is 9.53. The molecule has 0 saturated carbocycles. The number of sulfone groups is 1. The van der Waals surface area contributed by atoms with E-state index in [4.69, 9.17) is 0 Å². The van der Waals surface area contributed by atoms with Crippen LogP contribution in [0.25, 0.3) is 10.9 Å². The van der Waals surface area contributed by atoms with Crippen molar-refractivity contribution in [3.8, 4) is 0 Å². The Bertz CT molecular complexity index is 1160. The highest BCUT2D eigenvalue weighted by molar-refractivity contribution is 8.00. The molecule has 1 aliphatic rings. The molecule has 2 aromatic heterocycles. The Kier molecular flexibility index (Phi) is 5.01. The molecule has 6 nitrogen and oxygen atoms in total. The van der Waals surface area contributed by atoms with E-state index in [-0.39, 0.29) is 29.1 Å². The van der Waals surface area contributed by atoms with Gasteiger partial charge in [0.1, 0.15) is 11.4 Å². The zero-order valence-corrected chi connectivity index (χ0v) is 17.4. The second kappa shape index (κ2) is 7.33. The van der Waals surface area contributed by atoms with Crippen LogP contribution in [-0.4, -0.2) is 46.0 Å². The Labute approximate surface area is 168 Å². The molecular weight excluding hydrogens is 394 g/mol. The van der Waals surface area contributed by atoms with Crippen molar-refractivity contribution >= 4 is 38.3 Å². The molecule has 1 aromatic carbocycles. The Hall–Kier alpha value is -2.19. The van der Waals surface area contributed by atoms with E-state index in [1.807, 2.05) is 48.7 Å². The van der Waals surface area contributed by atoms with Gasteiger partial charge in [0.15, 0.2) is 15.6 Å². The maximum atomic E-state index is 12.9. The van der Waals surface area contributed by atoms with Crippen LogP contribution in [0.3, 0.4) is 0 Å². The lowest BCUT2D eigenvalue weighted by Crippen LogP contribution is -2.14. The Balaban J connectivity index is 1.55. The zero-order chi connectivity index (χ0) is 19.9. The van der Waals surface area contributed by atoms with Gasteiger partial charge >= 0.3 is 0 Å². The number of hydrogen-bond acceptors (Lipinski definition) is 6. The van der Waals surface area contributed by atoms with E-state index in [9.17, 15) is 13.2 Å². The van der Waals surface area contributed by atoms with Crippen molar-refractivity contribution in [2.75, 3.05) is 17.3 Å². The second-order valence-corrected chi connectivity index (χ2v) is 10.3. The van der Waals surface area contributed by atoms with Crippen molar-refractivity contribution < 1.29 is 13.2 Å². The summed E-state index contributed by atoms with van der Waals surface area (Å²) in [5.41, 5.74) is 3.29. The molecule has 0 N–H and O–H groups in total. The number of ketones is 1. The van der Waals surface area contributed by atoms with E-state index in [1.165, 1.54) is 18.1 Å². The number of nitrogens with zero attached hydrogens (tertiary/aromatic N) is 3. The Morgan fingerprint density at radius 1 is 1.25 bits per heavy atom. The summed E-state index contributed by atoms with van der Waals surface area (Å²) in [4.78, 5) is 21.5. The minimum atomic E-state index is -2.98. The van der Waals surface area contributed by atoms with Crippen LogP contribution in [-0.2, 0) is 9.84 Å². The largest absolute Gasteiger partial charge is 0.344 e. The predicted molar refractivity (Wildman–Crippen MR) is 111 cm³/mol. The molecule has 0 unspecified atom stereocenters. The van der Waals surface area contributed by atoms with Gasteiger partial charge in [-0.15, -0.1) is 0 Å². The fourth-order valence-corrected chi connectivity index (χ4v) is 6.48. The SMILES string of the molecule is Cc1cc(C(=O)CSc2ncnc3ccccc23)c(C)n1[C@H]1CCS(=O)(=O)C1. The van der Waals surface area contributed by atoms with E-state index >= 15 is 0 Å². The molecule has 4 rings (SSSR count). The summed E-state index contributed by atoms with van der Waals surface area (Å²) in [6.07, 6.45) is 2.12. The summed E-state index contributed by atoms with van der Waals surface area (Å²) in [6.45, 7) is 3.83. The second-order valence-electron chi connectivity index (χ2n) is 7.12. The highest BCUT2D eigenvalue weighted by Crippen LogP contribution is 2.30. The van der Waals surface area contributed by atoms with Crippen molar-refractivity contribution in [1.29, 1.82) is 0 Å². The van der Waals surface area contributed by atoms with Gasteiger partial charge in [0.05, 0.1) is 22.8 Å². The first-order chi connectivity index (χ1) is 13.4.